The van der Waals surface area contributed by atoms with Crippen LogP contribution in [-0.4, -0.2) is 35.1 Å². The average molecular weight is 255 g/mol. The second-order valence-corrected chi connectivity index (χ2v) is 4.59. The molecule has 0 saturated carbocycles. The second-order valence-electron chi connectivity index (χ2n) is 4.18. The van der Waals surface area contributed by atoms with Crippen molar-refractivity contribution in [2.24, 2.45) is 0 Å². The first-order valence-corrected chi connectivity index (χ1v) is 5.98. The van der Waals surface area contributed by atoms with Gasteiger partial charge in [-0.25, -0.2) is 0 Å². The van der Waals surface area contributed by atoms with Gasteiger partial charge < -0.3 is 15.7 Å². The Bertz CT molecular complexity index is 416. The van der Waals surface area contributed by atoms with Crippen LogP contribution in [0.1, 0.15) is 23.2 Å². The van der Waals surface area contributed by atoms with Crippen LogP contribution in [0.25, 0.3) is 0 Å². The third kappa shape index (κ3) is 2.23. The highest BCUT2D eigenvalue weighted by atomic mass is 35.5. The van der Waals surface area contributed by atoms with Crippen LogP contribution in [-0.2, 0) is 0 Å². The van der Waals surface area contributed by atoms with Crippen molar-refractivity contribution >= 4 is 23.2 Å². The molecule has 1 aliphatic rings. The zero-order valence-electron chi connectivity index (χ0n) is 9.40. The van der Waals surface area contributed by atoms with E-state index in [0.29, 0.717) is 22.8 Å². The number of nitrogen functional groups attached to an aromatic ring is 1. The summed E-state index contributed by atoms with van der Waals surface area (Å²) >= 11 is 6.00. The smallest absolute Gasteiger partial charge is 0.257 e. The third-order valence-corrected chi connectivity index (χ3v) is 3.42. The van der Waals surface area contributed by atoms with Crippen LogP contribution in [0.2, 0.25) is 5.02 Å². The van der Waals surface area contributed by atoms with Crippen molar-refractivity contribution in [2.45, 2.75) is 18.9 Å². The number of amides is 1. The van der Waals surface area contributed by atoms with Crippen LogP contribution >= 0.6 is 11.6 Å². The predicted molar refractivity (Wildman–Crippen MR) is 67.0 cm³/mol. The number of carbonyl (C=O) groups is 1. The van der Waals surface area contributed by atoms with Gasteiger partial charge in [-0.15, -0.1) is 0 Å². The molecule has 0 radical (unpaired) electrons. The Hall–Kier alpha value is -1.26. The zero-order chi connectivity index (χ0) is 12.4. The summed E-state index contributed by atoms with van der Waals surface area (Å²) in [7, 11) is 0. The molecule has 17 heavy (non-hydrogen) atoms. The Kier molecular flexibility index (Phi) is 3.54. The van der Waals surface area contributed by atoms with Gasteiger partial charge in [-0.3, -0.25) is 4.79 Å². The van der Waals surface area contributed by atoms with Crippen LogP contribution in [0.15, 0.2) is 18.2 Å². The highest BCUT2D eigenvalue weighted by Gasteiger charge is 2.30. The lowest BCUT2D eigenvalue weighted by Gasteiger charge is -2.24. The molecule has 0 aliphatic carbocycles. The maximum atomic E-state index is 12.3. The second kappa shape index (κ2) is 4.94. The van der Waals surface area contributed by atoms with Gasteiger partial charge in [0.05, 0.1) is 23.2 Å². The van der Waals surface area contributed by atoms with Crippen molar-refractivity contribution in [3.63, 3.8) is 0 Å². The molecule has 4 nitrogen and oxygen atoms in total. The van der Waals surface area contributed by atoms with E-state index in [1.807, 2.05) is 0 Å². The summed E-state index contributed by atoms with van der Waals surface area (Å²) in [5, 5.41) is 9.57. The maximum Gasteiger partial charge on any atom is 0.257 e. The Balaban J connectivity index is 2.31. The van der Waals surface area contributed by atoms with Crippen molar-refractivity contribution in [3.8, 4) is 0 Å². The normalized spacial score (nSPS) is 19.6. The molecule has 0 spiro atoms. The minimum atomic E-state index is -0.190. The number of halogens is 1. The van der Waals surface area contributed by atoms with Gasteiger partial charge in [0.1, 0.15) is 0 Å². The molecule has 2 rings (SSSR count). The van der Waals surface area contributed by atoms with Crippen molar-refractivity contribution in [2.75, 3.05) is 18.9 Å². The molecule has 1 aromatic carbocycles. The lowest BCUT2D eigenvalue weighted by Crippen LogP contribution is -2.38. The van der Waals surface area contributed by atoms with Crippen LogP contribution in [0.4, 0.5) is 5.69 Å². The van der Waals surface area contributed by atoms with E-state index < -0.39 is 0 Å². The van der Waals surface area contributed by atoms with Gasteiger partial charge in [-0.05, 0) is 25.0 Å². The molecule has 92 valence electrons. The van der Waals surface area contributed by atoms with E-state index in [1.54, 1.807) is 23.1 Å². The molecule has 0 bridgehead atoms. The minimum Gasteiger partial charge on any atom is -0.398 e. The summed E-state index contributed by atoms with van der Waals surface area (Å²) in [5.41, 5.74) is 6.51. The highest BCUT2D eigenvalue weighted by molar-refractivity contribution is 6.34. The summed E-state index contributed by atoms with van der Waals surface area (Å²) in [5.74, 6) is -0.190. The number of nitrogens with two attached hydrogens (primary N) is 1. The summed E-state index contributed by atoms with van der Waals surface area (Å²) in [6.45, 7) is 0.630. The molecule has 1 saturated heterocycles. The average Bonchev–Trinajstić information content (AvgIpc) is 2.76. The van der Waals surface area contributed by atoms with Gasteiger partial charge in [0.2, 0.25) is 0 Å². The van der Waals surface area contributed by atoms with Crippen LogP contribution in [0, 0.1) is 0 Å². The maximum absolute atomic E-state index is 12.3. The Morgan fingerprint density at radius 3 is 3.00 bits per heavy atom. The van der Waals surface area contributed by atoms with Gasteiger partial charge in [-0.2, -0.15) is 0 Å². The largest absolute Gasteiger partial charge is 0.398 e. The van der Waals surface area contributed by atoms with E-state index in [2.05, 4.69) is 0 Å². The van der Waals surface area contributed by atoms with E-state index in [4.69, 9.17) is 17.3 Å². The molecular formula is C12H15ClN2O2. The molecule has 1 amide bonds. The van der Waals surface area contributed by atoms with Gasteiger partial charge in [0.15, 0.2) is 0 Å². The molecule has 1 fully saturated rings. The summed E-state index contributed by atoms with van der Waals surface area (Å²) in [4.78, 5) is 14.0. The summed E-state index contributed by atoms with van der Waals surface area (Å²) in [6.07, 6.45) is 1.73. The first-order valence-electron chi connectivity index (χ1n) is 5.61. The number of rotatable bonds is 2. The van der Waals surface area contributed by atoms with Gasteiger partial charge in [0, 0.05) is 12.2 Å². The van der Waals surface area contributed by atoms with E-state index in [-0.39, 0.29) is 18.6 Å². The molecule has 1 unspecified atom stereocenters. The first kappa shape index (κ1) is 12.2. The fourth-order valence-corrected chi connectivity index (χ4v) is 2.47. The monoisotopic (exact) mass is 254 g/mol. The quantitative estimate of drug-likeness (QED) is 0.787. The molecule has 0 aromatic heterocycles. The van der Waals surface area contributed by atoms with Crippen molar-refractivity contribution < 1.29 is 9.90 Å². The Labute approximate surface area is 105 Å². The van der Waals surface area contributed by atoms with Gasteiger partial charge in [-0.1, -0.05) is 17.7 Å². The molecule has 1 aliphatic heterocycles. The fourth-order valence-electron chi connectivity index (χ4n) is 2.20. The molecule has 5 heteroatoms. The number of nitrogens with zero attached hydrogens (tertiary/aromatic N) is 1. The van der Waals surface area contributed by atoms with E-state index in [1.165, 1.54) is 0 Å². The molecule has 1 aromatic rings. The topological polar surface area (TPSA) is 66.6 Å². The molecule has 1 atom stereocenters. The number of aliphatic hydroxyl groups is 1. The lowest BCUT2D eigenvalue weighted by molar-refractivity contribution is 0.0679. The van der Waals surface area contributed by atoms with Crippen LogP contribution in [0.3, 0.4) is 0 Å². The van der Waals surface area contributed by atoms with Crippen molar-refractivity contribution in [1.29, 1.82) is 0 Å². The van der Waals surface area contributed by atoms with Crippen molar-refractivity contribution in [3.05, 3.63) is 28.8 Å². The summed E-state index contributed by atoms with van der Waals surface area (Å²) < 4.78 is 0. The van der Waals surface area contributed by atoms with Crippen molar-refractivity contribution in [1.82, 2.24) is 4.90 Å². The minimum absolute atomic E-state index is 0.0178. The van der Waals surface area contributed by atoms with E-state index in [9.17, 15) is 9.90 Å². The SMILES string of the molecule is Nc1cccc(Cl)c1C(=O)N1CCCC1CO. The van der Waals surface area contributed by atoms with E-state index >= 15 is 0 Å². The highest BCUT2D eigenvalue weighted by Crippen LogP contribution is 2.27. The molecule has 3 N–H and O–H groups in total. The lowest BCUT2D eigenvalue weighted by atomic mass is 10.1. The number of carbonyl (C=O) groups excluding carboxylic acids is 1. The third-order valence-electron chi connectivity index (χ3n) is 3.11. The number of benzene rings is 1. The number of hydrogen-bond donors (Lipinski definition) is 2. The number of aliphatic hydroxyl groups excluding tert-OH is 1. The molecule has 1 heterocycles. The molecular weight excluding hydrogens is 240 g/mol. The van der Waals surface area contributed by atoms with Gasteiger partial charge in [0.25, 0.3) is 5.91 Å². The Morgan fingerprint density at radius 2 is 2.35 bits per heavy atom. The number of hydrogen-bond acceptors (Lipinski definition) is 3. The number of likely N-dealkylation sites (tertiary alicyclic amines) is 1. The standard InChI is InChI=1S/C12H15ClN2O2/c13-9-4-1-5-10(14)11(9)12(17)15-6-2-3-8(15)7-16/h1,4-5,8,16H,2-3,6-7,14H2. The summed E-state index contributed by atoms with van der Waals surface area (Å²) in [6, 6.07) is 4.90. The Morgan fingerprint density at radius 1 is 1.59 bits per heavy atom. The van der Waals surface area contributed by atoms with Gasteiger partial charge >= 0.3 is 0 Å². The zero-order valence-corrected chi connectivity index (χ0v) is 10.2. The van der Waals surface area contributed by atoms with Crippen LogP contribution < -0.4 is 5.73 Å². The first-order chi connectivity index (χ1) is 8.15. The van der Waals surface area contributed by atoms with E-state index in [0.717, 1.165) is 12.8 Å². The van der Waals surface area contributed by atoms with Crippen LogP contribution in [0.5, 0.6) is 0 Å². The fraction of sp³-hybridized carbons (Fsp3) is 0.417. The predicted octanol–water partition coefficient (Wildman–Crippen LogP) is 1.52. The number of anilines is 1.